The lowest BCUT2D eigenvalue weighted by Crippen LogP contribution is -2.65. The minimum atomic E-state index is -2.09. The summed E-state index contributed by atoms with van der Waals surface area (Å²) in [6.45, 7) is 16.2. The minimum absolute atomic E-state index is 0.0105. The van der Waals surface area contributed by atoms with E-state index in [0.717, 1.165) is 0 Å². The van der Waals surface area contributed by atoms with E-state index >= 15 is 0 Å². The third kappa shape index (κ3) is 6.66. The maximum Gasteiger partial charge on any atom is 0.325 e. The zero-order valence-electron chi connectivity index (χ0n) is 19.6. The molecule has 1 saturated heterocycles. The highest BCUT2D eigenvalue weighted by Crippen LogP contribution is 2.43. The van der Waals surface area contributed by atoms with Crippen molar-refractivity contribution < 1.29 is 23.5 Å². The van der Waals surface area contributed by atoms with Crippen LogP contribution in [0.1, 0.15) is 27.7 Å². The van der Waals surface area contributed by atoms with E-state index in [-0.39, 0.29) is 40.0 Å². The number of hydrogen-bond donors (Lipinski definition) is 0. The first-order chi connectivity index (χ1) is 14.9. The number of ether oxygens (including phenoxy) is 2. The Labute approximate surface area is 201 Å². The third-order valence-electron chi connectivity index (χ3n) is 5.80. The number of amides is 1. The van der Waals surface area contributed by atoms with E-state index in [2.05, 4.69) is 40.4 Å². The Bertz CT molecular complexity index is 841. The Morgan fingerprint density at radius 3 is 2.50 bits per heavy atom. The molecule has 1 unspecified atom stereocenters. The van der Waals surface area contributed by atoms with Crippen LogP contribution in [0.5, 0.6) is 5.75 Å². The van der Waals surface area contributed by atoms with Gasteiger partial charge in [0.05, 0.1) is 12.0 Å². The number of carbonyl (C=O) groups is 2. The normalized spacial score (nSPS) is 19.7. The smallest absolute Gasteiger partial charge is 0.325 e. The van der Waals surface area contributed by atoms with Crippen molar-refractivity contribution in [1.29, 1.82) is 0 Å². The van der Waals surface area contributed by atoms with Crippen LogP contribution in [0.2, 0.25) is 18.1 Å². The van der Waals surface area contributed by atoms with Crippen molar-refractivity contribution in [2.75, 3.05) is 13.2 Å². The molecule has 9 heteroatoms. The molecular weight excluding hydrogens is 462 g/mol. The highest BCUT2D eigenvalue weighted by molar-refractivity contribution is 8.23. The van der Waals surface area contributed by atoms with E-state index in [4.69, 9.17) is 26.1 Å². The van der Waals surface area contributed by atoms with Gasteiger partial charge in [-0.2, -0.15) is 0 Å². The van der Waals surface area contributed by atoms with Gasteiger partial charge in [0.15, 0.2) is 8.32 Å². The van der Waals surface area contributed by atoms with Gasteiger partial charge in [0.1, 0.15) is 24.3 Å². The topological polar surface area (TPSA) is 65.1 Å². The summed E-state index contributed by atoms with van der Waals surface area (Å²) >= 11 is 6.69. The predicted octanol–water partition coefficient (Wildman–Crippen LogP) is 5.01. The number of esters is 1. The SMILES string of the molecule is C=CCOC(=O)CN1C(=O)[C@H](C(C)O[Si](C)(C)C(C)(C)C)[C@H]1SC(=S)Oc1ccccc1. The summed E-state index contributed by atoms with van der Waals surface area (Å²) in [5.41, 5.74) is 0. The number of rotatable bonds is 9. The fourth-order valence-electron chi connectivity index (χ4n) is 3.05. The summed E-state index contributed by atoms with van der Waals surface area (Å²) in [4.78, 5) is 26.7. The number of β-lactam (4-membered cyclic amide) rings is 1. The summed E-state index contributed by atoms with van der Waals surface area (Å²) in [5, 5.41) is -0.369. The molecule has 176 valence electrons. The van der Waals surface area contributed by atoms with Gasteiger partial charge in [0.2, 0.25) is 10.3 Å². The minimum Gasteiger partial charge on any atom is -0.460 e. The molecule has 0 aromatic heterocycles. The van der Waals surface area contributed by atoms with E-state index < -0.39 is 20.2 Å². The summed E-state index contributed by atoms with van der Waals surface area (Å²) in [6, 6.07) is 9.22. The second-order valence-electron chi connectivity index (χ2n) is 9.22. The Kier molecular flexibility index (Phi) is 9.10. The van der Waals surface area contributed by atoms with Crippen LogP contribution in [0.4, 0.5) is 0 Å². The van der Waals surface area contributed by atoms with Gasteiger partial charge in [-0.3, -0.25) is 9.59 Å². The molecule has 1 aliphatic rings. The summed E-state index contributed by atoms with van der Waals surface area (Å²) < 4.78 is 17.6. The zero-order valence-corrected chi connectivity index (χ0v) is 22.3. The van der Waals surface area contributed by atoms with Crippen LogP contribution in [0.25, 0.3) is 0 Å². The van der Waals surface area contributed by atoms with Crippen molar-refractivity contribution in [3.05, 3.63) is 43.0 Å². The zero-order chi connectivity index (χ0) is 24.1. The molecule has 3 atom stereocenters. The van der Waals surface area contributed by atoms with Gasteiger partial charge in [-0.25, -0.2) is 0 Å². The average molecular weight is 496 g/mol. The molecule has 0 spiro atoms. The molecule has 0 saturated carbocycles. The highest BCUT2D eigenvalue weighted by atomic mass is 32.2. The average Bonchev–Trinajstić information content (AvgIpc) is 2.69. The highest BCUT2D eigenvalue weighted by Gasteiger charge is 2.54. The van der Waals surface area contributed by atoms with Crippen LogP contribution in [-0.2, 0) is 18.8 Å². The molecule has 1 heterocycles. The van der Waals surface area contributed by atoms with Gasteiger partial charge in [0.25, 0.3) is 0 Å². The molecule has 1 aromatic rings. The second kappa shape index (κ2) is 11.0. The van der Waals surface area contributed by atoms with E-state index in [9.17, 15) is 9.59 Å². The van der Waals surface area contributed by atoms with Gasteiger partial charge < -0.3 is 18.8 Å². The number of nitrogens with zero attached hydrogens (tertiary/aromatic N) is 1. The van der Waals surface area contributed by atoms with Crippen molar-refractivity contribution in [2.45, 2.75) is 57.3 Å². The Balaban J connectivity index is 2.15. The first-order valence-electron chi connectivity index (χ1n) is 10.6. The number of likely N-dealkylation sites (tertiary alicyclic amines) is 1. The maximum absolute atomic E-state index is 13.0. The molecule has 0 aliphatic carbocycles. The number of para-hydroxylation sites is 1. The number of benzene rings is 1. The van der Waals surface area contributed by atoms with Gasteiger partial charge in [0, 0.05) is 0 Å². The number of thiocarbonyl (C=S) groups is 1. The lowest BCUT2D eigenvalue weighted by molar-refractivity contribution is -0.163. The monoisotopic (exact) mass is 495 g/mol. The molecule has 1 aliphatic heterocycles. The quantitative estimate of drug-likeness (QED) is 0.157. The van der Waals surface area contributed by atoms with Crippen molar-refractivity contribution >= 4 is 48.6 Å². The number of carbonyl (C=O) groups excluding carboxylic acids is 2. The first kappa shape index (κ1) is 26.6. The van der Waals surface area contributed by atoms with Crippen LogP contribution in [-0.4, -0.2) is 54.1 Å². The molecule has 1 aromatic carbocycles. The lowest BCUT2D eigenvalue weighted by atomic mass is 9.93. The van der Waals surface area contributed by atoms with Crippen molar-refractivity contribution in [3.63, 3.8) is 0 Å². The fourth-order valence-corrected chi connectivity index (χ4v) is 6.00. The Morgan fingerprint density at radius 1 is 1.31 bits per heavy atom. The van der Waals surface area contributed by atoms with E-state index in [1.165, 1.54) is 22.7 Å². The second-order valence-corrected chi connectivity index (χ2v) is 15.7. The van der Waals surface area contributed by atoms with Crippen LogP contribution in [0, 0.1) is 5.92 Å². The van der Waals surface area contributed by atoms with Crippen LogP contribution < -0.4 is 4.74 Å². The molecular formula is C23H33NO5S2Si. The van der Waals surface area contributed by atoms with E-state index in [1.54, 1.807) is 0 Å². The lowest BCUT2D eigenvalue weighted by Gasteiger charge is -2.50. The van der Waals surface area contributed by atoms with Crippen molar-refractivity contribution in [2.24, 2.45) is 5.92 Å². The molecule has 0 radical (unpaired) electrons. The molecule has 2 rings (SSSR count). The summed E-state index contributed by atoms with van der Waals surface area (Å²) in [5.74, 6) is -0.449. The van der Waals surface area contributed by atoms with Crippen LogP contribution in [0.15, 0.2) is 43.0 Å². The Hall–Kier alpha value is -1.68. The van der Waals surface area contributed by atoms with Crippen molar-refractivity contribution in [3.8, 4) is 5.75 Å². The Morgan fingerprint density at radius 2 is 1.94 bits per heavy atom. The van der Waals surface area contributed by atoms with Gasteiger partial charge >= 0.3 is 5.97 Å². The largest absolute Gasteiger partial charge is 0.460 e. The van der Waals surface area contributed by atoms with Crippen molar-refractivity contribution in [1.82, 2.24) is 4.90 Å². The summed E-state index contributed by atoms with van der Waals surface area (Å²) in [7, 11) is -2.09. The van der Waals surface area contributed by atoms with Crippen LogP contribution >= 0.6 is 24.0 Å². The molecule has 6 nitrogen and oxygen atoms in total. The molecule has 1 amide bonds. The predicted molar refractivity (Wildman–Crippen MR) is 135 cm³/mol. The third-order valence-corrected chi connectivity index (χ3v) is 11.8. The molecule has 1 fully saturated rings. The maximum atomic E-state index is 13.0. The standard InChI is InChI=1S/C23H33NO5S2Si/c1-8-14-27-18(25)15-24-20(26)19(16(2)29-32(6,7)23(3,4)5)21(24)31-22(30)28-17-12-10-9-11-13-17/h8-13,16,19,21H,1,14-15H2,2-7H3/t16?,19-,21+/m0/s1. The van der Waals surface area contributed by atoms with E-state index in [1.807, 2.05) is 37.3 Å². The van der Waals surface area contributed by atoms with Crippen LogP contribution in [0.3, 0.4) is 0 Å². The molecule has 0 N–H and O–H groups in total. The molecule has 0 bridgehead atoms. The molecule has 32 heavy (non-hydrogen) atoms. The van der Waals surface area contributed by atoms with Gasteiger partial charge in [-0.15, -0.1) is 0 Å². The summed E-state index contributed by atoms with van der Waals surface area (Å²) in [6.07, 6.45) is 1.17. The van der Waals surface area contributed by atoms with Gasteiger partial charge in [-0.05, 0) is 49.4 Å². The number of thioether (sulfide) groups is 1. The first-order valence-corrected chi connectivity index (χ1v) is 14.8. The van der Waals surface area contributed by atoms with Gasteiger partial charge in [-0.1, -0.05) is 63.4 Å². The van der Waals surface area contributed by atoms with E-state index in [0.29, 0.717) is 5.75 Å². The number of hydrogen-bond acceptors (Lipinski definition) is 7. The fraction of sp³-hybridized carbons (Fsp3) is 0.522.